The molecule has 0 aliphatic rings. The van der Waals surface area contributed by atoms with Gasteiger partial charge in [-0.1, -0.05) is 12.1 Å². The second-order valence-electron chi connectivity index (χ2n) is 4.25. The van der Waals surface area contributed by atoms with Crippen molar-refractivity contribution in [1.29, 1.82) is 0 Å². The van der Waals surface area contributed by atoms with Gasteiger partial charge in [0.05, 0.1) is 6.54 Å². The van der Waals surface area contributed by atoms with Crippen molar-refractivity contribution in [1.82, 2.24) is 20.1 Å². The largest absolute Gasteiger partial charge is 0.484 e. The Kier molecular flexibility index (Phi) is 4.67. The van der Waals surface area contributed by atoms with Crippen molar-refractivity contribution in [2.45, 2.75) is 13.1 Å². The maximum atomic E-state index is 11.6. The zero-order chi connectivity index (χ0) is 14.4. The topological polar surface area (TPSA) is 95.1 Å². The lowest BCUT2D eigenvalue weighted by atomic mass is 10.2. The lowest BCUT2D eigenvalue weighted by Crippen LogP contribution is -2.28. The van der Waals surface area contributed by atoms with Crippen molar-refractivity contribution in [3.63, 3.8) is 0 Å². The van der Waals surface area contributed by atoms with E-state index in [0.717, 1.165) is 5.56 Å². The van der Waals surface area contributed by atoms with E-state index in [1.54, 1.807) is 30.2 Å². The van der Waals surface area contributed by atoms with Gasteiger partial charge in [0.1, 0.15) is 12.1 Å². The van der Waals surface area contributed by atoms with Crippen LogP contribution in [-0.4, -0.2) is 27.3 Å². The number of nitrogens with one attached hydrogen (secondary N) is 1. The maximum Gasteiger partial charge on any atom is 0.258 e. The van der Waals surface area contributed by atoms with Gasteiger partial charge in [-0.2, -0.15) is 5.10 Å². The smallest absolute Gasteiger partial charge is 0.258 e. The van der Waals surface area contributed by atoms with Gasteiger partial charge in [0, 0.05) is 13.6 Å². The van der Waals surface area contributed by atoms with Crippen LogP contribution >= 0.6 is 0 Å². The first-order valence-electron chi connectivity index (χ1n) is 6.20. The van der Waals surface area contributed by atoms with Gasteiger partial charge < -0.3 is 15.8 Å². The van der Waals surface area contributed by atoms with Crippen LogP contribution in [0.4, 0.5) is 0 Å². The van der Waals surface area contributed by atoms with Crippen LogP contribution in [0.3, 0.4) is 0 Å². The predicted molar refractivity (Wildman–Crippen MR) is 72.7 cm³/mol. The molecule has 0 atom stereocenters. The van der Waals surface area contributed by atoms with E-state index < -0.39 is 0 Å². The molecular formula is C13H17N5O2. The molecule has 1 aromatic heterocycles. The number of hydrogen-bond donors (Lipinski definition) is 2. The number of carbonyl (C=O) groups is 1. The lowest BCUT2D eigenvalue weighted by Gasteiger charge is -2.06. The zero-order valence-corrected chi connectivity index (χ0v) is 11.2. The summed E-state index contributed by atoms with van der Waals surface area (Å²) in [6, 6.07) is 7.31. The molecule has 0 aliphatic carbocycles. The summed E-state index contributed by atoms with van der Waals surface area (Å²) in [4.78, 5) is 15.6. The molecule has 1 heterocycles. The van der Waals surface area contributed by atoms with Gasteiger partial charge in [0.25, 0.3) is 5.91 Å². The molecule has 0 saturated heterocycles. The highest BCUT2D eigenvalue weighted by atomic mass is 16.5. The van der Waals surface area contributed by atoms with Gasteiger partial charge in [0.15, 0.2) is 12.4 Å². The molecule has 0 aliphatic heterocycles. The van der Waals surface area contributed by atoms with Gasteiger partial charge in [0.2, 0.25) is 0 Å². The predicted octanol–water partition coefficient (Wildman–Crippen LogP) is -0.0310. The number of hydrogen-bond acceptors (Lipinski definition) is 5. The Labute approximate surface area is 116 Å². The minimum Gasteiger partial charge on any atom is -0.484 e. The Morgan fingerprint density at radius 1 is 1.40 bits per heavy atom. The van der Waals surface area contributed by atoms with Crippen LogP contribution in [0.5, 0.6) is 5.75 Å². The monoisotopic (exact) mass is 275 g/mol. The fourth-order valence-corrected chi connectivity index (χ4v) is 1.56. The third-order valence-corrected chi connectivity index (χ3v) is 2.62. The average molecular weight is 275 g/mol. The Hall–Kier alpha value is -2.41. The number of carbonyl (C=O) groups excluding carboxylic acids is 1. The van der Waals surface area contributed by atoms with Crippen LogP contribution < -0.4 is 15.8 Å². The van der Waals surface area contributed by atoms with Crippen molar-refractivity contribution in [3.05, 3.63) is 42.0 Å². The molecule has 2 aromatic rings. The second-order valence-corrected chi connectivity index (χ2v) is 4.25. The van der Waals surface area contributed by atoms with E-state index in [1.165, 1.54) is 0 Å². The molecule has 0 spiro atoms. The van der Waals surface area contributed by atoms with Gasteiger partial charge in [-0.25, -0.2) is 4.98 Å². The quantitative estimate of drug-likeness (QED) is 0.772. The van der Waals surface area contributed by atoms with Crippen LogP contribution in [0, 0.1) is 0 Å². The molecular weight excluding hydrogens is 258 g/mol. The van der Waals surface area contributed by atoms with Crippen LogP contribution in [-0.2, 0) is 24.9 Å². The number of aromatic nitrogens is 3. The molecule has 0 unspecified atom stereocenters. The van der Waals surface area contributed by atoms with E-state index in [2.05, 4.69) is 15.4 Å². The minimum absolute atomic E-state index is 0.0468. The van der Waals surface area contributed by atoms with Crippen LogP contribution in [0.1, 0.15) is 11.4 Å². The molecule has 0 saturated carbocycles. The number of nitrogens with two attached hydrogens (primary N) is 1. The molecule has 2 rings (SSSR count). The Balaban J connectivity index is 1.74. The molecule has 20 heavy (non-hydrogen) atoms. The second kappa shape index (κ2) is 6.67. The number of ether oxygens (including phenoxy) is 1. The molecule has 0 radical (unpaired) electrons. The first-order chi connectivity index (χ1) is 9.67. The van der Waals surface area contributed by atoms with Gasteiger partial charge in [-0.3, -0.25) is 9.48 Å². The first kappa shape index (κ1) is 14.0. The van der Waals surface area contributed by atoms with E-state index >= 15 is 0 Å². The highest BCUT2D eigenvalue weighted by molar-refractivity contribution is 5.77. The van der Waals surface area contributed by atoms with Gasteiger partial charge in [-0.05, 0) is 17.7 Å². The maximum absolute atomic E-state index is 11.6. The lowest BCUT2D eigenvalue weighted by molar-refractivity contribution is -0.123. The van der Waals surface area contributed by atoms with Crippen LogP contribution in [0.15, 0.2) is 30.6 Å². The van der Waals surface area contributed by atoms with E-state index in [0.29, 0.717) is 18.1 Å². The Morgan fingerprint density at radius 3 is 2.75 bits per heavy atom. The van der Waals surface area contributed by atoms with Crippen molar-refractivity contribution in [2.75, 3.05) is 6.61 Å². The molecule has 1 amide bonds. The van der Waals surface area contributed by atoms with Gasteiger partial charge in [-0.15, -0.1) is 0 Å². The van der Waals surface area contributed by atoms with E-state index in [1.807, 2.05) is 12.1 Å². The summed E-state index contributed by atoms with van der Waals surface area (Å²) in [7, 11) is 1.77. The molecule has 0 fully saturated rings. The van der Waals surface area contributed by atoms with Crippen molar-refractivity contribution in [2.24, 2.45) is 12.8 Å². The highest BCUT2D eigenvalue weighted by Crippen LogP contribution is 2.11. The third kappa shape index (κ3) is 4.06. The zero-order valence-electron chi connectivity index (χ0n) is 11.2. The standard InChI is InChI=1S/C13H17N5O2/c1-18-9-16-12(17-18)7-15-13(19)8-20-11-4-2-10(6-14)3-5-11/h2-5,9H,6-8,14H2,1H3,(H,15,19). The number of aryl methyl sites for hydroxylation is 1. The third-order valence-electron chi connectivity index (χ3n) is 2.62. The number of amides is 1. The van der Waals surface area contributed by atoms with E-state index in [-0.39, 0.29) is 19.1 Å². The molecule has 7 nitrogen and oxygen atoms in total. The highest BCUT2D eigenvalue weighted by Gasteiger charge is 2.05. The number of rotatable bonds is 6. The Bertz CT molecular complexity index is 564. The van der Waals surface area contributed by atoms with Crippen molar-refractivity contribution < 1.29 is 9.53 Å². The summed E-state index contributed by atoms with van der Waals surface area (Å²) in [5.41, 5.74) is 6.52. The number of nitrogens with zero attached hydrogens (tertiary/aromatic N) is 3. The summed E-state index contributed by atoms with van der Waals surface area (Å²) in [6.07, 6.45) is 1.58. The number of benzene rings is 1. The summed E-state index contributed by atoms with van der Waals surface area (Å²) in [5.74, 6) is 0.974. The summed E-state index contributed by atoms with van der Waals surface area (Å²) < 4.78 is 6.94. The SMILES string of the molecule is Cn1cnc(CNC(=O)COc2ccc(CN)cc2)n1. The first-order valence-corrected chi connectivity index (χ1v) is 6.20. The summed E-state index contributed by atoms with van der Waals surface area (Å²) >= 11 is 0. The molecule has 7 heteroatoms. The summed E-state index contributed by atoms with van der Waals surface area (Å²) in [5, 5.41) is 6.74. The summed E-state index contributed by atoms with van der Waals surface area (Å²) in [6.45, 7) is 0.724. The van der Waals surface area contributed by atoms with E-state index in [4.69, 9.17) is 10.5 Å². The molecule has 1 aromatic carbocycles. The fourth-order valence-electron chi connectivity index (χ4n) is 1.56. The average Bonchev–Trinajstić information content (AvgIpc) is 2.89. The molecule has 0 bridgehead atoms. The van der Waals surface area contributed by atoms with Crippen LogP contribution in [0.25, 0.3) is 0 Å². The Morgan fingerprint density at radius 2 is 2.15 bits per heavy atom. The van der Waals surface area contributed by atoms with Crippen molar-refractivity contribution >= 4 is 5.91 Å². The van der Waals surface area contributed by atoms with Crippen molar-refractivity contribution in [3.8, 4) is 5.75 Å². The van der Waals surface area contributed by atoms with Gasteiger partial charge >= 0.3 is 0 Å². The van der Waals surface area contributed by atoms with Crippen LogP contribution in [0.2, 0.25) is 0 Å². The van der Waals surface area contributed by atoms with E-state index in [9.17, 15) is 4.79 Å². The molecule has 106 valence electrons. The molecule has 3 N–H and O–H groups in total. The fraction of sp³-hybridized carbons (Fsp3) is 0.308. The minimum atomic E-state index is -0.222. The normalized spacial score (nSPS) is 10.3.